The minimum Gasteiger partial charge on any atom is -0.491 e. The van der Waals surface area contributed by atoms with E-state index >= 15 is 0 Å². The zero-order valence-corrected chi connectivity index (χ0v) is 15.9. The summed E-state index contributed by atoms with van der Waals surface area (Å²) < 4.78 is 11.4. The number of para-hydroxylation sites is 2. The van der Waals surface area contributed by atoms with Crippen LogP contribution in [-0.2, 0) is 4.74 Å². The molecule has 0 unspecified atom stereocenters. The summed E-state index contributed by atoms with van der Waals surface area (Å²) in [5.41, 5.74) is 5.84. The van der Waals surface area contributed by atoms with E-state index in [1.807, 2.05) is 45.0 Å². The fourth-order valence-electron chi connectivity index (χ4n) is 2.64. The summed E-state index contributed by atoms with van der Waals surface area (Å²) in [5.74, 6) is 1.13. The minimum absolute atomic E-state index is 0.210. The van der Waals surface area contributed by atoms with E-state index in [2.05, 4.69) is 5.32 Å². The van der Waals surface area contributed by atoms with Crippen molar-refractivity contribution in [3.63, 3.8) is 0 Å². The van der Waals surface area contributed by atoms with Gasteiger partial charge in [0.2, 0.25) is 0 Å². The molecule has 0 radical (unpaired) electrons. The van der Waals surface area contributed by atoms with E-state index in [0.717, 1.165) is 24.3 Å². The van der Waals surface area contributed by atoms with E-state index in [0.29, 0.717) is 25.6 Å². The Morgan fingerprint density at radius 3 is 2.56 bits per heavy atom. The molecule has 0 aliphatic carbocycles. The molecule has 0 saturated carbocycles. The number of hydrogen-bond acceptors (Lipinski definition) is 4. The van der Waals surface area contributed by atoms with Crippen molar-refractivity contribution in [3.8, 4) is 5.75 Å². The summed E-state index contributed by atoms with van der Waals surface area (Å²) in [6.07, 6.45) is 1.55. The van der Waals surface area contributed by atoms with Gasteiger partial charge in [-0.3, -0.25) is 0 Å². The lowest BCUT2D eigenvalue weighted by Crippen LogP contribution is -2.42. The average Bonchev–Trinajstić information content (AvgIpc) is 2.52. The van der Waals surface area contributed by atoms with E-state index < -0.39 is 5.60 Å². The molecule has 1 aromatic rings. The number of likely N-dealkylation sites (tertiary alicyclic amines) is 1. The summed E-state index contributed by atoms with van der Waals surface area (Å²) in [5, 5.41) is 3.13. The van der Waals surface area contributed by atoms with Crippen LogP contribution in [0, 0.1) is 5.92 Å². The number of carbonyl (C=O) groups is 1. The number of nitrogens with zero attached hydrogens (tertiary/aromatic N) is 1. The third-order valence-electron chi connectivity index (χ3n) is 3.89. The molecule has 2 rings (SSSR count). The molecule has 3 N–H and O–H groups in total. The number of ether oxygens (including phenoxy) is 2. The highest BCUT2D eigenvalue weighted by atomic mass is 32.1. The van der Waals surface area contributed by atoms with Crippen molar-refractivity contribution in [2.75, 3.05) is 25.0 Å². The maximum atomic E-state index is 12.1. The highest BCUT2D eigenvalue weighted by Gasteiger charge is 2.27. The van der Waals surface area contributed by atoms with Gasteiger partial charge in [0.05, 0.1) is 12.3 Å². The van der Waals surface area contributed by atoms with Crippen LogP contribution in [0.1, 0.15) is 33.6 Å². The number of hydrogen-bond donors (Lipinski definition) is 2. The molecular weight excluding hydrogens is 338 g/mol. The van der Waals surface area contributed by atoms with Crippen LogP contribution in [0.2, 0.25) is 0 Å². The Labute approximate surface area is 154 Å². The number of carbonyl (C=O) groups excluding carboxylic acids is 1. The van der Waals surface area contributed by atoms with Crippen LogP contribution in [0.25, 0.3) is 0 Å². The standard InChI is InChI=1S/C18H27N3O3S/c1-18(2,3)24-17(22)21-10-8-13(9-11-21)12-23-15-7-5-4-6-14(15)20-16(19)25/h4-7,13H,8-12H2,1-3H3,(H3,19,20,25). The Bertz CT molecular complexity index is 608. The van der Waals surface area contributed by atoms with Crippen molar-refractivity contribution < 1.29 is 14.3 Å². The lowest BCUT2D eigenvalue weighted by Gasteiger charge is -2.33. The van der Waals surface area contributed by atoms with Crippen LogP contribution < -0.4 is 15.8 Å². The summed E-state index contributed by atoms with van der Waals surface area (Å²) in [4.78, 5) is 13.9. The minimum atomic E-state index is -0.461. The number of benzene rings is 1. The number of amides is 1. The average molecular weight is 365 g/mol. The van der Waals surface area contributed by atoms with Crippen LogP contribution in [0.4, 0.5) is 10.5 Å². The Kier molecular flexibility index (Phi) is 6.47. The monoisotopic (exact) mass is 365 g/mol. The van der Waals surface area contributed by atoms with E-state index in [9.17, 15) is 4.79 Å². The van der Waals surface area contributed by atoms with Crippen molar-refractivity contribution in [2.45, 2.75) is 39.2 Å². The third-order valence-corrected chi connectivity index (χ3v) is 3.99. The van der Waals surface area contributed by atoms with Crippen LogP contribution in [0.3, 0.4) is 0 Å². The van der Waals surface area contributed by atoms with Gasteiger partial charge in [0.15, 0.2) is 5.11 Å². The molecule has 0 aromatic heterocycles. The quantitative estimate of drug-likeness (QED) is 0.797. The van der Waals surface area contributed by atoms with Gasteiger partial charge in [0.25, 0.3) is 0 Å². The molecule has 25 heavy (non-hydrogen) atoms. The lowest BCUT2D eigenvalue weighted by molar-refractivity contribution is 0.0165. The summed E-state index contributed by atoms with van der Waals surface area (Å²) in [6, 6.07) is 7.56. The highest BCUT2D eigenvalue weighted by Crippen LogP contribution is 2.26. The molecule has 0 bridgehead atoms. The number of rotatable bonds is 4. The zero-order chi connectivity index (χ0) is 18.4. The third kappa shape index (κ3) is 6.42. The predicted octanol–water partition coefficient (Wildman–Crippen LogP) is 3.37. The summed E-state index contributed by atoms with van der Waals surface area (Å²) >= 11 is 4.88. The molecular formula is C18H27N3O3S. The molecule has 6 nitrogen and oxygen atoms in total. The molecule has 1 aromatic carbocycles. The van der Waals surface area contributed by atoms with Crippen molar-refractivity contribution in [1.29, 1.82) is 0 Å². The second-order valence-corrected chi connectivity index (χ2v) is 7.65. The molecule has 7 heteroatoms. The first-order valence-electron chi connectivity index (χ1n) is 8.51. The Hall–Kier alpha value is -2.02. The van der Waals surface area contributed by atoms with Gasteiger partial charge < -0.3 is 25.4 Å². The van der Waals surface area contributed by atoms with Crippen LogP contribution in [0.15, 0.2) is 24.3 Å². The lowest BCUT2D eigenvalue weighted by atomic mass is 9.98. The first kappa shape index (κ1) is 19.3. The van der Waals surface area contributed by atoms with Gasteiger partial charge in [0, 0.05) is 13.1 Å². The highest BCUT2D eigenvalue weighted by molar-refractivity contribution is 7.80. The van der Waals surface area contributed by atoms with Gasteiger partial charge in [0.1, 0.15) is 11.4 Å². The molecule has 1 fully saturated rings. The fraction of sp³-hybridized carbons (Fsp3) is 0.556. The number of piperidine rings is 1. The van der Waals surface area contributed by atoms with Gasteiger partial charge >= 0.3 is 6.09 Å². The first-order valence-corrected chi connectivity index (χ1v) is 8.91. The van der Waals surface area contributed by atoms with E-state index in [1.165, 1.54) is 0 Å². The molecule has 138 valence electrons. The maximum Gasteiger partial charge on any atom is 0.410 e. The van der Waals surface area contributed by atoms with Crippen molar-refractivity contribution >= 4 is 29.1 Å². The van der Waals surface area contributed by atoms with Gasteiger partial charge in [-0.2, -0.15) is 0 Å². The number of nitrogens with one attached hydrogen (secondary N) is 1. The van der Waals surface area contributed by atoms with Crippen molar-refractivity contribution in [1.82, 2.24) is 4.90 Å². The van der Waals surface area contributed by atoms with Gasteiger partial charge in [-0.25, -0.2) is 4.79 Å². The molecule has 1 amide bonds. The zero-order valence-electron chi connectivity index (χ0n) is 15.1. The molecule has 0 atom stereocenters. The fourth-order valence-corrected chi connectivity index (χ4v) is 2.75. The molecule has 1 heterocycles. The number of thiocarbonyl (C=S) groups is 1. The molecule has 1 saturated heterocycles. The predicted molar refractivity (Wildman–Crippen MR) is 103 cm³/mol. The van der Waals surface area contributed by atoms with Crippen molar-refractivity contribution in [2.24, 2.45) is 11.7 Å². The second-order valence-electron chi connectivity index (χ2n) is 7.21. The number of anilines is 1. The SMILES string of the molecule is CC(C)(C)OC(=O)N1CCC(COc2ccccc2NC(N)=S)CC1. The smallest absolute Gasteiger partial charge is 0.410 e. The number of nitrogens with two attached hydrogens (primary N) is 1. The van der Waals surface area contributed by atoms with E-state index in [1.54, 1.807) is 4.90 Å². The maximum absolute atomic E-state index is 12.1. The second kappa shape index (κ2) is 8.38. The van der Waals surface area contributed by atoms with Crippen LogP contribution >= 0.6 is 12.2 Å². The topological polar surface area (TPSA) is 76.8 Å². The Morgan fingerprint density at radius 1 is 1.32 bits per heavy atom. The van der Waals surface area contributed by atoms with Crippen molar-refractivity contribution in [3.05, 3.63) is 24.3 Å². The van der Waals surface area contributed by atoms with Gasteiger partial charge in [-0.05, 0) is 63.9 Å². The van der Waals surface area contributed by atoms with Gasteiger partial charge in [-0.15, -0.1) is 0 Å². The Balaban J connectivity index is 1.81. The van der Waals surface area contributed by atoms with Crippen LogP contribution in [0.5, 0.6) is 5.75 Å². The largest absolute Gasteiger partial charge is 0.491 e. The summed E-state index contributed by atoms with van der Waals surface area (Å²) in [6.45, 7) is 7.61. The van der Waals surface area contributed by atoms with Crippen LogP contribution in [-0.4, -0.2) is 41.4 Å². The normalized spacial score (nSPS) is 15.6. The molecule has 0 spiro atoms. The molecule has 1 aliphatic rings. The first-order chi connectivity index (χ1) is 11.7. The van der Waals surface area contributed by atoms with Gasteiger partial charge in [-0.1, -0.05) is 12.1 Å². The van der Waals surface area contributed by atoms with E-state index in [-0.39, 0.29) is 11.2 Å². The summed E-state index contributed by atoms with van der Waals surface area (Å²) in [7, 11) is 0. The van der Waals surface area contributed by atoms with E-state index in [4.69, 9.17) is 27.4 Å². The Morgan fingerprint density at radius 2 is 1.96 bits per heavy atom. The molecule has 1 aliphatic heterocycles.